The molecule has 2 aromatic carbocycles. The minimum atomic E-state index is -3.99. The van der Waals surface area contributed by atoms with E-state index in [2.05, 4.69) is 10.3 Å². The molecular weight excluding hydrogens is 490 g/mol. The SMILES string of the molecule is COc1ccccc1OCC(=O)OCC(=O)Nc1ncc(S(=O)(=O)c2ccc([N+](=O)[O-])cc2)s1. The summed E-state index contributed by atoms with van der Waals surface area (Å²) in [5, 5.41) is 13.0. The normalized spacial score (nSPS) is 10.9. The fraction of sp³-hybridized carbons (Fsp3) is 0.150. The standard InChI is InChI=1S/C20H17N3O9S2/c1-30-15-4-2-3-5-16(15)31-12-18(25)32-11-17(24)22-20-21-10-19(33-20)34(28,29)14-8-6-13(7-9-14)23(26)27/h2-10H,11-12H2,1H3,(H,21,22,24). The Morgan fingerprint density at radius 2 is 1.76 bits per heavy atom. The van der Waals surface area contributed by atoms with Crippen LogP contribution in [0.4, 0.5) is 10.8 Å². The summed E-state index contributed by atoms with van der Waals surface area (Å²) in [4.78, 5) is 37.6. The second-order valence-corrected chi connectivity index (χ2v) is 9.59. The number of nitro benzene ring substituents is 1. The third-order valence-electron chi connectivity index (χ3n) is 4.13. The third-order valence-corrected chi connectivity index (χ3v) is 7.28. The van der Waals surface area contributed by atoms with E-state index in [1.807, 2.05) is 0 Å². The molecule has 0 spiro atoms. The minimum Gasteiger partial charge on any atom is -0.493 e. The van der Waals surface area contributed by atoms with Gasteiger partial charge in [-0.25, -0.2) is 18.2 Å². The molecule has 34 heavy (non-hydrogen) atoms. The van der Waals surface area contributed by atoms with Crippen LogP contribution in [-0.4, -0.2) is 50.5 Å². The van der Waals surface area contributed by atoms with Crippen molar-refractivity contribution in [3.05, 3.63) is 64.8 Å². The smallest absolute Gasteiger partial charge is 0.344 e. The number of nitrogens with zero attached hydrogens (tertiary/aromatic N) is 2. The Bertz CT molecular complexity index is 1300. The predicted molar refractivity (Wildman–Crippen MR) is 119 cm³/mol. The molecule has 0 radical (unpaired) electrons. The number of ether oxygens (including phenoxy) is 3. The van der Waals surface area contributed by atoms with Gasteiger partial charge in [0.05, 0.1) is 23.1 Å². The number of hydrogen-bond acceptors (Lipinski definition) is 11. The Kier molecular flexibility index (Phi) is 7.75. The Morgan fingerprint density at radius 1 is 1.09 bits per heavy atom. The lowest BCUT2D eigenvalue weighted by molar-refractivity contribution is -0.384. The van der Waals surface area contributed by atoms with Crippen molar-refractivity contribution in [1.82, 2.24) is 4.98 Å². The van der Waals surface area contributed by atoms with E-state index in [4.69, 9.17) is 14.2 Å². The summed E-state index contributed by atoms with van der Waals surface area (Å²) in [6.45, 7) is -1.10. The second-order valence-electron chi connectivity index (χ2n) is 6.39. The lowest BCUT2D eigenvalue weighted by atomic mass is 10.3. The van der Waals surface area contributed by atoms with Crippen molar-refractivity contribution in [1.29, 1.82) is 0 Å². The molecule has 178 valence electrons. The molecule has 0 bridgehead atoms. The number of rotatable bonds is 10. The maximum atomic E-state index is 12.7. The van der Waals surface area contributed by atoms with Crippen molar-refractivity contribution in [2.24, 2.45) is 0 Å². The van der Waals surface area contributed by atoms with E-state index >= 15 is 0 Å². The van der Waals surface area contributed by atoms with Crippen molar-refractivity contribution in [3.8, 4) is 11.5 Å². The number of para-hydroxylation sites is 2. The first-order chi connectivity index (χ1) is 16.2. The first-order valence-electron chi connectivity index (χ1n) is 9.37. The number of methoxy groups -OCH3 is 1. The molecule has 0 fully saturated rings. The molecular formula is C20H17N3O9S2. The van der Waals surface area contributed by atoms with Crippen molar-refractivity contribution in [2.75, 3.05) is 25.6 Å². The summed E-state index contributed by atoms with van der Waals surface area (Å²) >= 11 is 0.675. The highest BCUT2D eigenvalue weighted by Gasteiger charge is 2.22. The molecule has 12 nitrogen and oxygen atoms in total. The van der Waals surface area contributed by atoms with E-state index in [-0.39, 0.29) is 19.9 Å². The second kappa shape index (κ2) is 10.7. The molecule has 0 saturated heterocycles. The molecule has 0 aliphatic rings. The number of non-ortho nitro benzene ring substituents is 1. The molecule has 0 aliphatic heterocycles. The van der Waals surface area contributed by atoms with Crippen LogP contribution in [0.5, 0.6) is 11.5 Å². The Labute approximate surface area is 197 Å². The lowest BCUT2D eigenvalue weighted by Gasteiger charge is -2.09. The first kappa shape index (κ1) is 24.6. The van der Waals surface area contributed by atoms with Gasteiger partial charge >= 0.3 is 5.97 Å². The van der Waals surface area contributed by atoms with Gasteiger partial charge in [-0.1, -0.05) is 23.5 Å². The van der Waals surface area contributed by atoms with Crippen LogP contribution in [-0.2, 0) is 24.2 Å². The number of carbonyl (C=O) groups is 2. The topological polar surface area (TPSA) is 164 Å². The van der Waals surface area contributed by atoms with E-state index in [1.165, 1.54) is 7.11 Å². The molecule has 1 aromatic heterocycles. The molecule has 1 heterocycles. The Morgan fingerprint density at radius 3 is 2.41 bits per heavy atom. The van der Waals surface area contributed by atoms with Gasteiger partial charge < -0.3 is 14.2 Å². The molecule has 1 N–H and O–H groups in total. The largest absolute Gasteiger partial charge is 0.493 e. The fourth-order valence-corrected chi connectivity index (χ4v) is 4.97. The molecule has 0 saturated carbocycles. The van der Waals surface area contributed by atoms with Gasteiger partial charge in [-0.3, -0.25) is 20.2 Å². The lowest BCUT2D eigenvalue weighted by Crippen LogP contribution is -2.23. The molecule has 3 aromatic rings. The van der Waals surface area contributed by atoms with Crippen molar-refractivity contribution < 1.29 is 37.1 Å². The van der Waals surface area contributed by atoms with Gasteiger partial charge in [-0.15, -0.1) is 0 Å². The highest BCUT2D eigenvalue weighted by Crippen LogP contribution is 2.29. The van der Waals surface area contributed by atoms with Crippen LogP contribution in [0, 0.1) is 10.1 Å². The van der Waals surface area contributed by atoms with Crippen molar-refractivity contribution in [3.63, 3.8) is 0 Å². The number of esters is 1. The average Bonchev–Trinajstić information content (AvgIpc) is 3.31. The van der Waals surface area contributed by atoms with Crippen LogP contribution in [0.15, 0.2) is 63.8 Å². The summed E-state index contributed by atoms with van der Waals surface area (Å²) < 4.78 is 40.4. The number of sulfone groups is 1. The number of nitro groups is 1. The summed E-state index contributed by atoms with van der Waals surface area (Å²) in [7, 11) is -2.54. The van der Waals surface area contributed by atoms with Gasteiger partial charge in [0.15, 0.2) is 29.8 Å². The van der Waals surface area contributed by atoms with Gasteiger partial charge in [0.2, 0.25) is 9.84 Å². The van der Waals surface area contributed by atoms with Crippen LogP contribution < -0.4 is 14.8 Å². The molecule has 0 atom stereocenters. The van der Waals surface area contributed by atoms with Gasteiger partial charge in [-0.05, 0) is 24.3 Å². The zero-order valence-corrected chi connectivity index (χ0v) is 19.1. The molecule has 0 aliphatic carbocycles. The number of hydrogen-bond donors (Lipinski definition) is 1. The summed E-state index contributed by atoms with van der Waals surface area (Å²) in [6, 6.07) is 11.0. The fourth-order valence-electron chi connectivity index (χ4n) is 2.52. The van der Waals surface area contributed by atoms with Crippen LogP contribution in [0.1, 0.15) is 0 Å². The van der Waals surface area contributed by atoms with E-state index in [0.29, 0.717) is 22.8 Å². The third kappa shape index (κ3) is 6.05. The maximum absolute atomic E-state index is 12.7. The number of thiazole rings is 1. The Balaban J connectivity index is 1.52. The van der Waals surface area contributed by atoms with Crippen LogP contribution in [0.2, 0.25) is 0 Å². The van der Waals surface area contributed by atoms with Gasteiger partial charge in [0, 0.05) is 12.1 Å². The van der Waals surface area contributed by atoms with Gasteiger partial charge in [0.1, 0.15) is 4.21 Å². The quantitative estimate of drug-likeness (QED) is 0.245. The van der Waals surface area contributed by atoms with Crippen LogP contribution in [0.25, 0.3) is 0 Å². The number of aromatic nitrogens is 1. The highest BCUT2D eigenvalue weighted by atomic mass is 32.2. The summed E-state index contributed by atoms with van der Waals surface area (Å²) in [5.74, 6) is -0.784. The van der Waals surface area contributed by atoms with Crippen LogP contribution >= 0.6 is 11.3 Å². The predicted octanol–water partition coefficient (Wildman–Crippen LogP) is 2.45. The van der Waals surface area contributed by atoms with Crippen molar-refractivity contribution in [2.45, 2.75) is 9.10 Å². The maximum Gasteiger partial charge on any atom is 0.344 e. The molecule has 14 heteroatoms. The number of nitrogens with one attached hydrogen (secondary N) is 1. The highest BCUT2D eigenvalue weighted by molar-refractivity contribution is 7.93. The van der Waals surface area contributed by atoms with Gasteiger partial charge in [0.25, 0.3) is 11.6 Å². The first-order valence-corrected chi connectivity index (χ1v) is 11.7. The van der Waals surface area contributed by atoms with Crippen molar-refractivity contribution >= 4 is 43.9 Å². The van der Waals surface area contributed by atoms with E-state index in [1.54, 1.807) is 24.3 Å². The monoisotopic (exact) mass is 507 g/mol. The zero-order chi connectivity index (χ0) is 24.7. The van der Waals surface area contributed by atoms with E-state index in [0.717, 1.165) is 30.5 Å². The summed E-state index contributed by atoms with van der Waals surface area (Å²) in [5.41, 5.74) is -0.251. The number of amides is 1. The van der Waals surface area contributed by atoms with Gasteiger partial charge in [-0.2, -0.15) is 0 Å². The zero-order valence-electron chi connectivity index (χ0n) is 17.5. The number of carbonyl (C=O) groups excluding carboxylic acids is 2. The summed E-state index contributed by atoms with van der Waals surface area (Å²) in [6.07, 6.45) is 1.05. The minimum absolute atomic E-state index is 0.0354. The molecule has 0 unspecified atom stereocenters. The van der Waals surface area contributed by atoms with E-state index < -0.39 is 39.9 Å². The number of benzene rings is 2. The Hall–Kier alpha value is -4.04. The average molecular weight is 508 g/mol. The van der Waals surface area contributed by atoms with E-state index in [9.17, 15) is 28.1 Å². The van der Waals surface area contributed by atoms with Crippen LogP contribution in [0.3, 0.4) is 0 Å². The molecule has 3 rings (SSSR count). The molecule has 1 amide bonds. The number of anilines is 1.